The number of aromatic nitrogens is 4. The van der Waals surface area contributed by atoms with Gasteiger partial charge in [0, 0.05) is 30.9 Å². The highest BCUT2D eigenvalue weighted by atomic mass is 19.3. The third-order valence-corrected chi connectivity index (χ3v) is 9.06. The van der Waals surface area contributed by atoms with Crippen LogP contribution >= 0.6 is 0 Å². The number of alkyl halides is 2. The van der Waals surface area contributed by atoms with Crippen LogP contribution in [0.4, 0.5) is 14.5 Å². The molecule has 2 aliphatic rings. The van der Waals surface area contributed by atoms with E-state index in [9.17, 15) is 32.8 Å². The summed E-state index contributed by atoms with van der Waals surface area (Å²) in [6.07, 6.45) is 3.92. The number of hydrogen-bond donors (Lipinski definition) is 2. The van der Waals surface area contributed by atoms with E-state index in [1.165, 1.54) is 10.9 Å². The number of amides is 5. The molecular weight excluding hydrogens is 690 g/mol. The summed E-state index contributed by atoms with van der Waals surface area (Å²) in [7, 11) is 1.94. The fraction of sp³-hybridized carbons (Fsp3) is 0.243. The number of nitrogens with zero attached hydrogens (tertiary/aromatic N) is 6. The Labute approximate surface area is 300 Å². The van der Waals surface area contributed by atoms with Crippen molar-refractivity contribution < 1.29 is 37.2 Å². The second-order valence-electron chi connectivity index (χ2n) is 12.7. The Hall–Kier alpha value is -6.42. The Balaban J connectivity index is 0.952. The molecule has 0 saturated carbocycles. The number of piperidine rings is 1. The van der Waals surface area contributed by atoms with Crippen molar-refractivity contribution in [3.8, 4) is 17.1 Å². The topological polar surface area (TPSA) is 173 Å². The third kappa shape index (κ3) is 7.21. The average molecular weight is 723 g/mol. The molecule has 1 unspecified atom stereocenters. The molecule has 5 heterocycles. The van der Waals surface area contributed by atoms with Crippen LogP contribution < -0.4 is 10.6 Å². The lowest BCUT2D eigenvalue weighted by molar-refractivity contribution is -0.136. The van der Waals surface area contributed by atoms with E-state index in [0.29, 0.717) is 48.3 Å². The van der Waals surface area contributed by atoms with Gasteiger partial charge < -0.3 is 14.6 Å². The number of carbonyl (C=O) groups is 5. The lowest BCUT2D eigenvalue weighted by atomic mass is 9.99. The summed E-state index contributed by atoms with van der Waals surface area (Å²) in [5.74, 6) is -2.69. The number of benzene rings is 2. The Kier molecular flexibility index (Phi) is 9.69. The minimum Gasteiger partial charge on any atom is -0.444 e. The maximum Gasteiger partial charge on any atom is 0.284 e. The van der Waals surface area contributed by atoms with Gasteiger partial charge in [0.1, 0.15) is 12.3 Å². The molecule has 1 atom stereocenters. The lowest BCUT2D eigenvalue weighted by Crippen LogP contribution is -2.54. The summed E-state index contributed by atoms with van der Waals surface area (Å²) < 4.78 is 34.5. The summed E-state index contributed by atoms with van der Waals surface area (Å²) in [5, 5.41) is 8.69. The fourth-order valence-electron chi connectivity index (χ4n) is 6.45. The van der Waals surface area contributed by atoms with Gasteiger partial charge in [0.05, 0.1) is 28.7 Å². The van der Waals surface area contributed by atoms with E-state index >= 15 is 0 Å². The zero-order chi connectivity index (χ0) is 37.2. The zero-order valence-electron chi connectivity index (χ0n) is 28.3. The molecule has 5 amide bonds. The Bertz CT molecular complexity index is 2220. The van der Waals surface area contributed by atoms with Crippen molar-refractivity contribution in [2.24, 2.45) is 0 Å². The van der Waals surface area contributed by atoms with Crippen molar-refractivity contribution in [1.29, 1.82) is 0 Å². The molecule has 2 N–H and O–H groups in total. The van der Waals surface area contributed by atoms with Crippen LogP contribution in [0, 0.1) is 0 Å². The maximum atomic E-state index is 13.9. The van der Waals surface area contributed by atoms with E-state index < -0.39 is 47.7 Å². The summed E-state index contributed by atoms with van der Waals surface area (Å²) in [4.78, 5) is 74.5. The van der Waals surface area contributed by atoms with Crippen LogP contribution in [0.3, 0.4) is 0 Å². The molecule has 0 radical (unpaired) electrons. The number of nitrogens with one attached hydrogen (secondary N) is 2. The van der Waals surface area contributed by atoms with Crippen LogP contribution in [0.2, 0.25) is 0 Å². The van der Waals surface area contributed by atoms with Gasteiger partial charge in [-0.15, -0.1) is 0 Å². The van der Waals surface area contributed by atoms with Gasteiger partial charge in [-0.2, -0.15) is 5.10 Å². The highest BCUT2D eigenvalue weighted by molar-refractivity contribution is 6.24. The summed E-state index contributed by atoms with van der Waals surface area (Å²) in [6, 6.07) is 14.6. The first-order valence-corrected chi connectivity index (χ1v) is 16.7. The molecule has 3 aromatic heterocycles. The SMILES string of the molecule is CN(CCCc1cccc2c1C(=O)N(C1CCC(=O)NC1=O)C2=O)Cc1ccc(-n2cc(NC(=O)c3coc(-c4ccncc4)n3)c(C(F)F)n2)cc1. The Morgan fingerprint density at radius 3 is 2.57 bits per heavy atom. The number of anilines is 1. The van der Waals surface area contributed by atoms with E-state index in [1.54, 1.807) is 54.9 Å². The molecule has 1 saturated heterocycles. The normalized spacial score (nSPS) is 15.7. The molecule has 7 rings (SSSR count). The van der Waals surface area contributed by atoms with E-state index in [-0.39, 0.29) is 35.7 Å². The second-order valence-corrected chi connectivity index (χ2v) is 12.7. The molecule has 2 aliphatic heterocycles. The van der Waals surface area contributed by atoms with Crippen LogP contribution in [0.15, 0.2) is 83.9 Å². The first-order chi connectivity index (χ1) is 25.6. The molecule has 0 spiro atoms. The lowest BCUT2D eigenvalue weighted by Gasteiger charge is -2.27. The Morgan fingerprint density at radius 2 is 1.83 bits per heavy atom. The van der Waals surface area contributed by atoms with Crippen LogP contribution in [-0.2, 0) is 22.6 Å². The summed E-state index contributed by atoms with van der Waals surface area (Å²) in [5.41, 5.74) is 2.46. The first kappa shape index (κ1) is 35.0. The van der Waals surface area contributed by atoms with E-state index in [4.69, 9.17) is 4.42 Å². The Morgan fingerprint density at radius 1 is 1.06 bits per heavy atom. The van der Waals surface area contributed by atoms with Crippen molar-refractivity contribution in [3.05, 3.63) is 113 Å². The van der Waals surface area contributed by atoms with Gasteiger partial charge in [-0.3, -0.25) is 39.2 Å². The number of carbonyl (C=O) groups excluding carboxylic acids is 5. The number of halogens is 2. The van der Waals surface area contributed by atoms with Gasteiger partial charge in [0.2, 0.25) is 17.7 Å². The van der Waals surface area contributed by atoms with Crippen LogP contribution in [0.1, 0.15) is 73.7 Å². The zero-order valence-corrected chi connectivity index (χ0v) is 28.3. The predicted molar refractivity (Wildman–Crippen MR) is 184 cm³/mol. The van der Waals surface area contributed by atoms with Crippen molar-refractivity contribution in [2.75, 3.05) is 18.9 Å². The van der Waals surface area contributed by atoms with Crippen LogP contribution in [0.5, 0.6) is 0 Å². The highest BCUT2D eigenvalue weighted by Crippen LogP contribution is 2.31. The molecule has 5 aromatic rings. The number of aryl methyl sites for hydroxylation is 1. The predicted octanol–water partition coefficient (Wildman–Crippen LogP) is 4.58. The smallest absolute Gasteiger partial charge is 0.284 e. The molecule has 2 aromatic carbocycles. The first-order valence-electron chi connectivity index (χ1n) is 16.7. The van der Waals surface area contributed by atoms with Gasteiger partial charge >= 0.3 is 0 Å². The number of hydrogen-bond acceptors (Lipinski definition) is 10. The largest absolute Gasteiger partial charge is 0.444 e. The number of oxazole rings is 1. The fourth-order valence-corrected chi connectivity index (χ4v) is 6.45. The average Bonchev–Trinajstić information content (AvgIpc) is 3.87. The number of pyridine rings is 1. The van der Waals surface area contributed by atoms with Crippen molar-refractivity contribution in [3.63, 3.8) is 0 Å². The summed E-state index contributed by atoms with van der Waals surface area (Å²) in [6.45, 7) is 1.22. The van der Waals surface area contributed by atoms with Crippen molar-refractivity contribution >= 4 is 35.2 Å². The monoisotopic (exact) mass is 722 g/mol. The molecule has 14 nitrogen and oxygen atoms in total. The van der Waals surface area contributed by atoms with E-state index in [2.05, 4.69) is 30.6 Å². The molecule has 0 bridgehead atoms. The summed E-state index contributed by atoms with van der Waals surface area (Å²) >= 11 is 0. The molecule has 0 aliphatic carbocycles. The van der Waals surface area contributed by atoms with Gasteiger partial charge in [-0.05, 0) is 74.3 Å². The minimum atomic E-state index is -2.95. The van der Waals surface area contributed by atoms with Gasteiger partial charge in [-0.25, -0.2) is 18.4 Å². The highest BCUT2D eigenvalue weighted by Gasteiger charge is 2.45. The third-order valence-electron chi connectivity index (χ3n) is 9.06. The molecule has 16 heteroatoms. The van der Waals surface area contributed by atoms with Crippen LogP contribution in [0.25, 0.3) is 17.1 Å². The number of imide groups is 2. The molecule has 53 heavy (non-hydrogen) atoms. The second kappa shape index (κ2) is 14.7. The van der Waals surface area contributed by atoms with Crippen LogP contribution in [-0.4, -0.2) is 78.7 Å². The standard InChI is InChI=1S/C37H32F2N8O6/c1-45(17-3-5-22-4-2-6-25-30(22)37(52)47(36(25)51)28-11-12-29(48)43-34(28)50)18-21-7-9-24(10-8-21)46-19-26(31(44-46)32(38)39)41-33(49)27-20-53-35(42-27)23-13-15-40-16-14-23/h2,4,6-10,13-16,19-20,28,32H,3,5,11-12,17-18H2,1H3,(H,41,49)(H,43,48,50). The van der Waals surface area contributed by atoms with Gasteiger partial charge in [0.15, 0.2) is 11.4 Å². The number of fused-ring (bicyclic) bond motifs is 1. The maximum absolute atomic E-state index is 13.9. The van der Waals surface area contributed by atoms with E-state index in [1.807, 2.05) is 19.2 Å². The molecular formula is C37H32F2N8O6. The molecule has 270 valence electrons. The quantitative estimate of drug-likeness (QED) is 0.174. The minimum absolute atomic E-state index is 0.0517. The van der Waals surface area contributed by atoms with Crippen molar-refractivity contribution in [1.82, 2.24) is 34.9 Å². The number of rotatable bonds is 12. The molecule has 1 fully saturated rings. The van der Waals surface area contributed by atoms with Crippen molar-refractivity contribution in [2.45, 2.75) is 44.7 Å². The van der Waals surface area contributed by atoms with Gasteiger partial charge in [0.25, 0.3) is 24.1 Å². The van der Waals surface area contributed by atoms with Gasteiger partial charge in [-0.1, -0.05) is 24.3 Å². The van der Waals surface area contributed by atoms with E-state index in [0.717, 1.165) is 16.7 Å².